The van der Waals surface area contributed by atoms with E-state index in [9.17, 15) is 9.90 Å². The molecule has 1 aliphatic rings. The van der Waals surface area contributed by atoms with Crippen LogP contribution in [-0.2, 0) is 17.8 Å². The van der Waals surface area contributed by atoms with Crippen molar-refractivity contribution in [3.05, 3.63) is 88.9 Å². The van der Waals surface area contributed by atoms with Gasteiger partial charge in [-0.15, -0.1) is 0 Å². The number of likely N-dealkylation sites (tertiary alicyclic amines) is 1. The van der Waals surface area contributed by atoms with Crippen molar-refractivity contribution in [2.24, 2.45) is 0 Å². The van der Waals surface area contributed by atoms with Gasteiger partial charge < -0.3 is 10.4 Å². The first kappa shape index (κ1) is 21.6. The molecule has 3 aromatic rings. The zero-order valence-corrected chi connectivity index (χ0v) is 18.2. The van der Waals surface area contributed by atoms with Gasteiger partial charge in [0.1, 0.15) is 0 Å². The van der Waals surface area contributed by atoms with E-state index in [4.69, 9.17) is 11.6 Å². The number of halogens is 1. The van der Waals surface area contributed by atoms with Crippen molar-refractivity contribution >= 4 is 23.2 Å². The van der Waals surface area contributed by atoms with Gasteiger partial charge in [0.05, 0.1) is 6.10 Å². The topological polar surface area (TPSA) is 52.6 Å². The molecule has 1 aliphatic heterocycles. The molecular weight excluding hydrogens is 408 g/mol. The molecular formula is C26H27ClN2O2. The highest BCUT2D eigenvalue weighted by molar-refractivity contribution is 6.30. The number of amides is 1. The third-order valence-corrected chi connectivity index (χ3v) is 5.92. The summed E-state index contributed by atoms with van der Waals surface area (Å²) in [7, 11) is 0. The average Bonchev–Trinajstić information content (AvgIpc) is 3.19. The Bertz CT molecular complexity index is 1000. The summed E-state index contributed by atoms with van der Waals surface area (Å²) in [6.45, 7) is 2.57. The lowest BCUT2D eigenvalue weighted by atomic mass is 10.1. The largest absolute Gasteiger partial charge is 0.392 e. The maximum Gasteiger partial charge on any atom is 0.224 e. The predicted molar refractivity (Wildman–Crippen MR) is 126 cm³/mol. The van der Waals surface area contributed by atoms with E-state index in [1.165, 1.54) is 5.56 Å². The SMILES string of the molecule is O=C(CCc1ccc(CN2CC[C@@H](O)C2)cc1)Nc1ccc(-c2ccc(Cl)cc2)cc1. The molecule has 1 atom stereocenters. The summed E-state index contributed by atoms with van der Waals surface area (Å²) < 4.78 is 0. The molecule has 0 bridgehead atoms. The van der Waals surface area contributed by atoms with Crippen LogP contribution in [0.2, 0.25) is 5.02 Å². The van der Waals surface area contributed by atoms with Crippen molar-refractivity contribution in [1.82, 2.24) is 4.90 Å². The van der Waals surface area contributed by atoms with Crippen LogP contribution in [0.1, 0.15) is 24.0 Å². The molecule has 0 aromatic heterocycles. The molecule has 2 N–H and O–H groups in total. The van der Waals surface area contributed by atoms with Crippen LogP contribution in [0, 0.1) is 0 Å². The number of anilines is 1. The summed E-state index contributed by atoms with van der Waals surface area (Å²) in [6, 6.07) is 24.0. The van der Waals surface area contributed by atoms with Gasteiger partial charge in [0.25, 0.3) is 0 Å². The number of aliphatic hydroxyl groups is 1. The van der Waals surface area contributed by atoms with Crippen molar-refractivity contribution in [1.29, 1.82) is 0 Å². The second kappa shape index (κ2) is 10.1. The number of nitrogens with one attached hydrogen (secondary N) is 1. The molecule has 0 aliphatic carbocycles. The number of hydrogen-bond acceptors (Lipinski definition) is 3. The second-order valence-electron chi connectivity index (χ2n) is 8.13. The van der Waals surface area contributed by atoms with Crippen molar-refractivity contribution in [2.45, 2.75) is 31.9 Å². The first-order valence-electron chi connectivity index (χ1n) is 10.7. The van der Waals surface area contributed by atoms with Gasteiger partial charge in [-0.05, 0) is 59.4 Å². The van der Waals surface area contributed by atoms with Crippen LogP contribution in [0.25, 0.3) is 11.1 Å². The summed E-state index contributed by atoms with van der Waals surface area (Å²) in [5.41, 5.74) is 5.36. The van der Waals surface area contributed by atoms with Gasteiger partial charge >= 0.3 is 0 Å². The fourth-order valence-electron chi connectivity index (χ4n) is 3.90. The standard InChI is InChI=1S/C26H27ClN2O2/c27-23-10-6-21(7-11-23)22-8-12-24(13-9-22)28-26(31)14-5-19-1-3-20(4-2-19)17-29-16-15-25(30)18-29/h1-4,6-13,25,30H,5,14-18H2,(H,28,31)/t25-/m1/s1. The molecule has 5 heteroatoms. The van der Waals surface area contributed by atoms with Gasteiger partial charge in [-0.3, -0.25) is 9.69 Å². The molecule has 0 saturated carbocycles. The molecule has 31 heavy (non-hydrogen) atoms. The Balaban J connectivity index is 1.24. The van der Waals surface area contributed by atoms with Crippen molar-refractivity contribution in [3.8, 4) is 11.1 Å². The molecule has 0 spiro atoms. The second-order valence-corrected chi connectivity index (χ2v) is 8.56. The monoisotopic (exact) mass is 434 g/mol. The van der Waals surface area contributed by atoms with E-state index in [0.717, 1.165) is 48.4 Å². The highest BCUT2D eigenvalue weighted by Crippen LogP contribution is 2.23. The third-order valence-electron chi connectivity index (χ3n) is 5.66. The Morgan fingerprint density at radius 2 is 1.55 bits per heavy atom. The zero-order valence-electron chi connectivity index (χ0n) is 17.4. The summed E-state index contributed by atoms with van der Waals surface area (Å²) in [5.74, 6) is 0.00868. The smallest absolute Gasteiger partial charge is 0.224 e. The minimum absolute atomic E-state index is 0.00868. The lowest BCUT2D eigenvalue weighted by Gasteiger charge is -2.15. The van der Waals surface area contributed by atoms with Crippen molar-refractivity contribution in [3.63, 3.8) is 0 Å². The van der Waals surface area contributed by atoms with Gasteiger partial charge in [0.2, 0.25) is 5.91 Å². The first-order valence-corrected chi connectivity index (χ1v) is 11.1. The summed E-state index contributed by atoms with van der Waals surface area (Å²) >= 11 is 5.94. The van der Waals surface area contributed by atoms with Crippen LogP contribution in [0.3, 0.4) is 0 Å². The molecule has 1 fully saturated rings. The lowest BCUT2D eigenvalue weighted by molar-refractivity contribution is -0.116. The number of rotatable bonds is 7. The van der Waals surface area contributed by atoms with Crippen LogP contribution in [-0.4, -0.2) is 35.1 Å². The normalized spacial score (nSPS) is 16.4. The molecule has 1 heterocycles. The Labute approximate surface area is 188 Å². The molecule has 1 amide bonds. The Morgan fingerprint density at radius 3 is 2.16 bits per heavy atom. The molecule has 0 radical (unpaired) electrons. The van der Waals surface area contributed by atoms with E-state index >= 15 is 0 Å². The van der Waals surface area contributed by atoms with Crippen LogP contribution < -0.4 is 5.32 Å². The van der Waals surface area contributed by atoms with Gasteiger partial charge in [-0.1, -0.05) is 60.1 Å². The molecule has 4 nitrogen and oxygen atoms in total. The minimum Gasteiger partial charge on any atom is -0.392 e. The maximum atomic E-state index is 12.3. The van der Waals surface area contributed by atoms with Crippen molar-refractivity contribution in [2.75, 3.05) is 18.4 Å². The maximum absolute atomic E-state index is 12.3. The Morgan fingerprint density at radius 1 is 0.935 bits per heavy atom. The van der Waals surface area contributed by atoms with E-state index in [0.29, 0.717) is 17.9 Å². The van der Waals surface area contributed by atoms with E-state index in [2.05, 4.69) is 34.5 Å². The fraction of sp³-hybridized carbons (Fsp3) is 0.269. The number of aliphatic hydroxyl groups excluding tert-OH is 1. The molecule has 1 saturated heterocycles. The zero-order chi connectivity index (χ0) is 21.6. The summed E-state index contributed by atoms with van der Waals surface area (Å²) in [4.78, 5) is 14.6. The highest BCUT2D eigenvalue weighted by atomic mass is 35.5. The highest BCUT2D eigenvalue weighted by Gasteiger charge is 2.19. The number of hydrogen-bond donors (Lipinski definition) is 2. The number of benzene rings is 3. The molecule has 0 unspecified atom stereocenters. The lowest BCUT2D eigenvalue weighted by Crippen LogP contribution is -2.21. The van der Waals surface area contributed by atoms with Crippen LogP contribution >= 0.6 is 11.6 Å². The summed E-state index contributed by atoms with van der Waals surface area (Å²) in [6.07, 6.45) is 1.82. The predicted octanol–water partition coefficient (Wildman–Crippen LogP) is 5.14. The number of aryl methyl sites for hydroxylation is 1. The van der Waals surface area contributed by atoms with Crippen LogP contribution in [0.15, 0.2) is 72.8 Å². The fourth-order valence-corrected chi connectivity index (χ4v) is 4.02. The average molecular weight is 435 g/mol. The Kier molecular flexibility index (Phi) is 7.03. The van der Waals surface area contributed by atoms with E-state index in [1.54, 1.807) is 0 Å². The van der Waals surface area contributed by atoms with E-state index in [-0.39, 0.29) is 12.0 Å². The van der Waals surface area contributed by atoms with Crippen LogP contribution in [0.5, 0.6) is 0 Å². The van der Waals surface area contributed by atoms with Gasteiger partial charge in [-0.25, -0.2) is 0 Å². The van der Waals surface area contributed by atoms with E-state index < -0.39 is 0 Å². The third kappa shape index (κ3) is 6.17. The first-order chi connectivity index (χ1) is 15.0. The molecule has 160 valence electrons. The van der Waals surface area contributed by atoms with E-state index in [1.807, 2.05) is 48.5 Å². The Hall–Kier alpha value is -2.66. The van der Waals surface area contributed by atoms with Gasteiger partial charge in [0.15, 0.2) is 0 Å². The number of β-amino-alcohol motifs (C(OH)–C–C–N with tert-alkyl or cyclic N) is 1. The quantitative estimate of drug-likeness (QED) is 0.541. The molecule has 3 aromatic carbocycles. The van der Waals surface area contributed by atoms with Gasteiger partial charge in [-0.2, -0.15) is 0 Å². The van der Waals surface area contributed by atoms with Crippen molar-refractivity contribution < 1.29 is 9.90 Å². The number of carbonyl (C=O) groups is 1. The number of carbonyl (C=O) groups excluding carboxylic acids is 1. The summed E-state index contributed by atoms with van der Waals surface area (Å²) in [5, 5.41) is 13.3. The minimum atomic E-state index is -0.188. The van der Waals surface area contributed by atoms with Gasteiger partial charge in [0, 0.05) is 36.8 Å². The van der Waals surface area contributed by atoms with Crippen LogP contribution in [0.4, 0.5) is 5.69 Å². The molecule has 4 rings (SSSR count). The number of nitrogens with zero attached hydrogens (tertiary/aromatic N) is 1.